The number of ketones is 1. The number of carbonyl (C=O) groups excluding carboxylic acids is 1. The van der Waals surface area contributed by atoms with Gasteiger partial charge in [-0.15, -0.1) is 11.3 Å². The predicted octanol–water partition coefficient (Wildman–Crippen LogP) is 2.09. The van der Waals surface area contributed by atoms with Gasteiger partial charge in [0, 0.05) is 9.35 Å². The molecular weight excluding hydrogens is 244 g/mol. The fourth-order valence-corrected chi connectivity index (χ4v) is 2.49. The van der Waals surface area contributed by atoms with Crippen molar-refractivity contribution in [3.05, 3.63) is 20.3 Å². The molecule has 1 aromatic heterocycles. The Morgan fingerprint density at radius 3 is 2.50 bits per heavy atom. The largest absolute Gasteiger partial charge is 0.475 e. The lowest BCUT2D eigenvalue weighted by molar-refractivity contribution is -0.131. The summed E-state index contributed by atoms with van der Waals surface area (Å²) in [6.07, 6.45) is 0. The molecule has 0 radical (unpaired) electrons. The first-order chi connectivity index (χ1) is 5.52. The highest BCUT2D eigenvalue weighted by Gasteiger charge is 2.19. The van der Waals surface area contributed by atoms with Crippen molar-refractivity contribution in [3.8, 4) is 0 Å². The summed E-state index contributed by atoms with van der Waals surface area (Å²) < 4.78 is 0.553. The molecule has 1 heterocycles. The minimum absolute atomic E-state index is 0.250. The van der Waals surface area contributed by atoms with Crippen molar-refractivity contribution in [2.45, 2.75) is 6.92 Å². The summed E-state index contributed by atoms with van der Waals surface area (Å²) in [4.78, 5) is 22.4. The Labute approximate surface area is 81.2 Å². The fourth-order valence-electron chi connectivity index (χ4n) is 0.735. The Morgan fingerprint density at radius 2 is 2.17 bits per heavy atom. The fraction of sp³-hybridized carbons (Fsp3) is 0.143. The quantitative estimate of drug-likeness (QED) is 0.644. The lowest BCUT2D eigenvalue weighted by Crippen LogP contribution is -2.11. The smallest absolute Gasteiger partial charge is 0.378 e. The molecule has 0 saturated heterocycles. The van der Waals surface area contributed by atoms with E-state index in [0.717, 1.165) is 4.88 Å². The standard InChI is InChI=1S/C7H5BrO3S/c1-3-2-4(8)6(12-3)5(9)7(10)11/h2H,1H3,(H,10,11). The molecule has 0 aliphatic carbocycles. The molecule has 12 heavy (non-hydrogen) atoms. The van der Waals surface area contributed by atoms with Gasteiger partial charge in [-0.05, 0) is 28.9 Å². The van der Waals surface area contributed by atoms with Crippen molar-refractivity contribution in [2.24, 2.45) is 0 Å². The van der Waals surface area contributed by atoms with Crippen molar-refractivity contribution in [2.75, 3.05) is 0 Å². The first-order valence-electron chi connectivity index (χ1n) is 3.06. The van der Waals surface area contributed by atoms with E-state index in [4.69, 9.17) is 5.11 Å². The van der Waals surface area contributed by atoms with Gasteiger partial charge in [0.1, 0.15) is 0 Å². The van der Waals surface area contributed by atoms with E-state index in [0.29, 0.717) is 4.47 Å². The second-order valence-electron chi connectivity index (χ2n) is 2.17. The zero-order chi connectivity index (χ0) is 9.30. The molecule has 1 N–H and O–H groups in total. The average molecular weight is 249 g/mol. The molecule has 5 heteroatoms. The van der Waals surface area contributed by atoms with Crippen molar-refractivity contribution < 1.29 is 14.7 Å². The Hall–Kier alpha value is -0.680. The van der Waals surface area contributed by atoms with Crippen LogP contribution in [0.3, 0.4) is 0 Å². The highest BCUT2D eigenvalue weighted by atomic mass is 79.9. The van der Waals surface area contributed by atoms with E-state index in [2.05, 4.69) is 15.9 Å². The molecular formula is C7H5BrO3S. The van der Waals surface area contributed by atoms with Gasteiger partial charge in [-0.2, -0.15) is 0 Å². The lowest BCUT2D eigenvalue weighted by Gasteiger charge is -1.89. The number of halogens is 1. The van der Waals surface area contributed by atoms with Gasteiger partial charge in [0.05, 0.1) is 4.88 Å². The molecule has 0 amide bonds. The van der Waals surface area contributed by atoms with Crippen LogP contribution in [-0.4, -0.2) is 16.9 Å². The van der Waals surface area contributed by atoms with Crippen molar-refractivity contribution in [1.29, 1.82) is 0 Å². The molecule has 0 aromatic carbocycles. The number of aliphatic carboxylic acids is 1. The maximum absolute atomic E-state index is 11.0. The van der Waals surface area contributed by atoms with Crippen LogP contribution in [0.25, 0.3) is 0 Å². The minimum Gasteiger partial charge on any atom is -0.475 e. The second-order valence-corrected chi connectivity index (χ2v) is 4.28. The third-order valence-electron chi connectivity index (χ3n) is 1.21. The van der Waals surface area contributed by atoms with E-state index in [1.807, 2.05) is 6.92 Å². The molecule has 0 saturated carbocycles. The summed E-state index contributed by atoms with van der Waals surface area (Å²) >= 11 is 4.29. The van der Waals surface area contributed by atoms with Crippen LogP contribution in [0.15, 0.2) is 10.5 Å². The Morgan fingerprint density at radius 1 is 1.58 bits per heavy atom. The van der Waals surface area contributed by atoms with Crippen molar-refractivity contribution in [3.63, 3.8) is 0 Å². The third-order valence-corrected chi connectivity index (χ3v) is 3.15. The molecule has 0 unspecified atom stereocenters. The molecule has 0 fully saturated rings. The second kappa shape index (κ2) is 3.37. The van der Waals surface area contributed by atoms with E-state index >= 15 is 0 Å². The number of carboxylic acid groups (broad SMARTS) is 1. The molecule has 0 spiro atoms. The zero-order valence-electron chi connectivity index (χ0n) is 6.13. The van der Waals surface area contributed by atoms with E-state index in [-0.39, 0.29) is 4.88 Å². The Kier molecular flexibility index (Phi) is 2.64. The van der Waals surface area contributed by atoms with E-state index in [9.17, 15) is 9.59 Å². The Balaban J connectivity index is 3.11. The molecule has 3 nitrogen and oxygen atoms in total. The lowest BCUT2D eigenvalue weighted by atomic mass is 10.3. The summed E-state index contributed by atoms with van der Waals surface area (Å²) in [6.45, 7) is 1.81. The van der Waals surface area contributed by atoms with Gasteiger partial charge < -0.3 is 5.11 Å². The number of hydrogen-bond acceptors (Lipinski definition) is 3. The number of Topliss-reactive ketones (excluding diaryl/α,β-unsaturated/α-hetero) is 1. The summed E-state index contributed by atoms with van der Waals surface area (Å²) in [6, 6.07) is 1.72. The molecule has 0 bridgehead atoms. The van der Waals surface area contributed by atoms with Crippen LogP contribution in [0.5, 0.6) is 0 Å². The summed E-state index contributed by atoms with van der Waals surface area (Å²) in [5.41, 5.74) is 0. The molecule has 0 atom stereocenters. The SMILES string of the molecule is Cc1cc(Br)c(C(=O)C(=O)O)s1. The topological polar surface area (TPSA) is 54.4 Å². The highest BCUT2D eigenvalue weighted by Crippen LogP contribution is 2.26. The van der Waals surface area contributed by atoms with Gasteiger partial charge in [0.25, 0.3) is 5.78 Å². The van der Waals surface area contributed by atoms with Crippen molar-refractivity contribution >= 4 is 39.0 Å². The van der Waals surface area contributed by atoms with Gasteiger partial charge in [-0.1, -0.05) is 0 Å². The number of aryl methyl sites for hydroxylation is 1. The first kappa shape index (κ1) is 9.41. The van der Waals surface area contributed by atoms with Gasteiger partial charge in [-0.3, -0.25) is 4.79 Å². The van der Waals surface area contributed by atoms with E-state index < -0.39 is 11.8 Å². The average Bonchev–Trinajstić information content (AvgIpc) is 2.28. The predicted molar refractivity (Wildman–Crippen MR) is 48.7 cm³/mol. The Bertz CT molecular complexity index is 342. The molecule has 64 valence electrons. The van der Waals surface area contributed by atoms with Gasteiger partial charge in [0.15, 0.2) is 0 Å². The van der Waals surface area contributed by atoms with Crippen LogP contribution in [0, 0.1) is 6.92 Å². The zero-order valence-corrected chi connectivity index (χ0v) is 8.53. The number of hydrogen-bond donors (Lipinski definition) is 1. The maximum atomic E-state index is 11.0. The highest BCUT2D eigenvalue weighted by molar-refractivity contribution is 9.10. The van der Waals surface area contributed by atoms with Crippen LogP contribution in [0.4, 0.5) is 0 Å². The number of carbonyl (C=O) groups is 2. The molecule has 1 rings (SSSR count). The third kappa shape index (κ3) is 1.73. The minimum atomic E-state index is -1.42. The van der Waals surface area contributed by atoms with Gasteiger partial charge >= 0.3 is 5.97 Å². The number of carboxylic acids is 1. The van der Waals surface area contributed by atoms with Crippen LogP contribution in [0.2, 0.25) is 0 Å². The van der Waals surface area contributed by atoms with Gasteiger partial charge in [-0.25, -0.2) is 4.79 Å². The molecule has 0 aliphatic rings. The van der Waals surface area contributed by atoms with Crippen LogP contribution in [-0.2, 0) is 4.79 Å². The van der Waals surface area contributed by atoms with E-state index in [1.54, 1.807) is 6.07 Å². The van der Waals surface area contributed by atoms with Crippen LogP contribution in [0.1, 0.15) is 14.5 Å². The maximum Gasteiger partial charge on any atom is 0.378 e. The number of rotatable bonds is 2. The van der Waals surface area contributed by atoms with E-state index in [1.165, 1.54) is 11.3 Å². The van der Waals surface area contributed by atoms with Crippen LogP contribution < -0.4 is 0 Å². The monoisotopic (exact) mass is 248 g/mol. The molecule has 0 aliphatic heterocycles. The first-order valence-corrected chi connectivity index (χ1v) is 4.67. The summed E-state index contributed by atoms with van der Waals surface area (Å²) in [7, 11) is 0. The summed E-state index contributed by atoms with van der Waals surface area (Å²) in [5.74, 6) is -2.28. The van der Waals surface area contributed by atoms with Crippen LogP contribution >= 0.6 is 27.3 Å². The molecule has 1 aromatic rings. The number of thiophene rings is 1. The normalized spacial score (nSPS) is 9.83. The van der Waals surface area contributed by atoms with Crippen molar-refractivity contribution in [1.82, 2.24) is 0 Å². The summed E-state index contributed by atoms with van der Waals surface area (Å²) in [5, 5.41) is 8.41. The van der Waals surface area contributed by atoms with Gasteiger partial charge in [0.2, 0.25) is 0 Å².